The SMILES string of the molecule is CCSCCOC(=O)C1=C(C)NC2=C(C(=O)[C@@H](C(=O)OC)[C@@H](C)C2)[C@@H]1c1cc(OC)c(OC)cc1Br. The number of carbonyl (C=O) groups excluding carboxylic acids is 3. The Morgan fingerprint density at radius 3 is 2.44 bits per heavy atom. The summed E-state index contributed by atoms with van der Waals surface area (Å²) in [7, 11) is 4.32. The fourth-order valence-electron chi connectivity index (χ4n) is 4.77. The number of ketones is 1. The minimum Gasteiger partial charge on any atom is -0.493 e. The van der Waals surface area contributed by atoms with E-state index >= 15 is 0 Å². The molecule has 1 aromatic rings. The second-order valence-corrected chi connectivity index (χ2v) is 10.8. The highest BCUT2D eigenvalue weighted by molar-refractivity contribution is 9.10. The topological polar surface area (TPSA) is 100 Å². The van der Waals surface area contributed by atoms with Crippen LogP contribution < -0.4 is 14.8 Å². The normalized spacial score (nSPS) is 21.5. The maximum absolute atomic E-state index is 13.9. The number of rotatable bonds is 9. The van der Waals surface area contributed by atoms with E-state index in [1.165, 1.54) is 21.3 Å². The lowest BCUT2D eigenvalue weighted by molar-refractivity contribution is -0.151. The Morgan fingerprint density at radius 2 is 1.83 bits per heavy atom. The standard InChI is InChI=1S/C26H32BrNO7S/c1-7-36-9-8-35-26(31)21-14(3)28-17-10-13(2)20(25(30)34-6)24(29)23(17)22(21)15-11-18(32-4)19(33-5)12-16(15)27/h11-13,20,22,28H,7-10H2,1-6H3/t13-,20-,22+/m0/s1. The molecule has 36 heavy (non-hydrogen) atoms. The maximum atomic E-state index is 13.9. The largest absolute Gasteiger partial charge is 0.493 e. The van der Waals surface area contributed by atoms with Crippen LogP contribution in [0.1, 0.15) is 38.7 Å². The summed E-state index contributed by atoms with van der Waals surface area (Å²) in [6, 6.07) is 3.48. The molecule has 0 spiro atoms. The minimum absolute atomic E-state index is 0.246. The molecule has 0 unspecified atom stereocenters. The molecule has 1 heterocycles. The van der Waals surface area contributed by atoms with Gasteiger partial charge in [-0.3, -0.25) is 9.59 Å². The van der Waals surface area contributed by atoms with Gasteiger partial charge in [0.25, 0.3) is 0 Å². The van der Waals surface area contributed by atoms with Crippen molar-refractivity contribution in [1.82, 2.24) is 5.32 Å². The highest BCUT2D eigenvalue weighted by Crippen LogP contribution is 2.49. The fraction of sp³-hybridized carbons (Fsp3) is 0.500. The Balaban J connectivity index is 2.19. The van der Waals surface area contributed by atoms with Crippen molar-refractivity contribution in [2.75, 3.05) is 39.4 Å². The number of carbonyl (C=O) groups is 3. The molecule has 0 radical (unpaired) electrons. The van der Waals surface area contributed by atoms with Gasteiger partial charge in [-0.1, -0.05) is 29.8 Å². The number of ether oxygens (including phenoxy) is 4. The monoisotopic (exact) mass is 581 g/mol. The van der Waals surface area contributed by atoms with Gasteiger partial charge < -0.3 is 24.3 Å². The number of thioether (sulfide) groups is 1. The summed E-state index contributed by atoms with van der Waals surface area (Å²) in [6.07, 6.45) is 0.453. The third kappa shape index (κ3) is 5.44. The van der Waals surface area contributed by atoms with Crippen molar-refractivity contribution in [2.45, 2.75) is 33.1 Å². The average molecular weight is 583 g/mol. The van der Waals surface area contributed by atoms with Crippen LogP contribution in [0.3, 0.4) is 0 Å². The summed E-state index contributed by atoms with van der Waals surface area (Å²) >= 11 is 5.27. The van der Waals surface area contributed by atoms with Crippen LogP contribution in [-0.4, -0.2) is 57.2 Å². The van der Waals surface area contributed by atoms with Crippen molar-refractivity contribution in [3.05, 3.63) is 44.7 Å². The number of methoxy groups -OCH3 is 3. The molecule has 1 aromatic carbocycles. The molecule has 1 N–H and O–H groups in total. The van der Waals surface area contributed by atoms with E-state index in [1.807, 2.05) is 13.8 Å². The summed E-state index contributed by atoms with van der Waals surface area (Å²) in [5.74, 6) is -0.959. The van der Waals surface area contributed by atoms with Gasteiger partial charge in [0.1, 0.15) is 12.5 Å². The number of nitrogens with one attached hydrogen (secondary N) is 1. The van der Waals surface area contributed by atoms with E-state index in [-0.39, 0.29) is 18.3 Å². The number of Topliss-reactive ketones (excluding diaryl/α,β-unsaturated/α-hetero) is 1. The van der Waals surface area contributed by atoms with Crippen LogP contribution >= 0.6 is 27.7 Å². The molecule has 8 nitrogen and oxygen atoms in total. The maximum Gasteiger partial charge on any atom is 0.336 e. The van der Waals surface area contributed by atoms with E-state index in [4.69, 9.17) is 18.9 Å². The van der Waals surface area contributed by atoms with E-state index in [0.717, 1.165) is 5.75 Å². The fourth-order valence-corrected chi connectivity index (χ4v) is 5.81. The van der Waals surface area contributed by atoms with Crippen LogP contribution in [0, 0.1) is 11.8 Å². The molecule has 3 atom stereocenters. The first kappa shape index (κ1) is 28.1. The summed E-state index contributed by atoms with van der Waals surface area (Å²) < 4.78 is 22.2. The van der Waals surface area contributed by atoms with Crippen molar-refractivity contribution in [3.8, 4) is 11.5 Å². The first-order valence-electron chi connectivity index (χ1n) is 11.7. The van der Waals surface area contributed by atoms with Crippen molar-refractivity contribution >= 4 is 45.4 Å². The first-order chi connectivity index (χ1) is 17.2. The number of dihydropyridines is 1. The molecule has 1 aliphatic heterocycles. The zero-order valence-electron chi connectivity index (χ0n) is 21.4. The molecule has 0 aromatic heterocycles. The van der Waals surface area contributed by atoms with Crippen LogP contribution in [0.5, 0.6) is 11.5 Å². The van der Waals surface area contributed by atoms with E-state index in [0.29, 0.717) is 56.2 Å². The predicted molar refractivity (Wildman–Crippen MR) is 141 cm³/mol. The van der Waals surface area contributed by atoms with E-state index in [2.05, 4.69) is 21.2 Å². The summed E-state index contributed by atoms with van der Waals surface area (Å²) in [5, 5.41) is 3.27. The molecular formula is C26H32BrNO7S. The minimum atomic E-state index is -0.964. The number of halogens is 1. The predicted octanol–water partition coefficient (Wildman–Crippen LogP) is 4.38. The van der Waals surface area contributed by atoms with Crippen molar-refractivity contribution < 1.29 is 33.3 Å². The van der Waals surface area contributed by atoms with Gasteiger partial charge >= 0.3 is 11.9 Å². The Morgan fingerprint density at radius 1 is 1.17 bits per heavy atom. The van der Waals surface area contributed by atoms with Crippen molar-refractivity contribution in [2.24, 2.45) is 11.8 Å². The number of hydrogen-bond acceptors (Lipinski definition) is 9. The van der Waals surface area contributed by atoms with Crippen molar-refractivity contribution in [1.29, 1.82) is 0 Å². The van der Waals surface area contributed by atoms with Gasteiger partial charge in [0, 0.05) is 33.1 Å². The summed E-state index contributed by atoms with van der Waals surface area (Å²) in [6.45, 7) is 5.93. The lowest BCUT2D eigenvalue weighted by atomic mass is 9.69. The first-order valence-corrected chi connectivity index (χ1v) is 13.6. The number of esters is 2. The van der Waals surface area contributed by atoms with Crippen molar-refractivity contribution in [3.63, 3.8) is 0 Å². The lowest BCUT2D eigenvalue weighted by Crippen LogP contribution is -2.43. The molecule has 3 rings (SSSR count). The zero-order valence-corrected chi connectivity index (χ0v) is 23.8. The van der Waals surface area contributed by atoms with E-state index in [1.54, 1.807) is 30.8 Å². The molecule has 0 amide bonds. The summed E-state index contributed by atoms with van der Waals surface area (Å²) in [4.78, 5) is 39.9. The van der Waals surface area contributed by atoms with E-state index in [9.17, 15) is 14.4 Å². The Hall–Kier alpha value is -2.46. The van der Waals surface area contributed by atoms with Gasteiger partial charge in [-0.15, -0.1) is 0 Å². The zero-order chi connectivity index (χ0) is 26.6. The molecule has 10 heteroatoms. The Labute approximate surface area is 224 Å². The van der Waals surface area contributed by atoms with Crippen LogP contribution in [0.25, 0.3) is 0 Å². The quantitative estimate of drug-likeness (QED) is 0.258. The molecule has 2 aliphatic rings. The Kier molecular flexibility index (Phi) is 9.52. The van der Waals surface area contributed by atoms with Gasteiger partial charge in [-0.25, -0.2) is 4.79 Å². The highest BCUT2D eigenvalue weighted by atomic mass is 79.9. The molecule has 0 saturated carbocycles. The number of allylic oxidation sites excluding steroid dienone is 3. The van der Waals surface area contributed by atoms with Gasteiger partial charge in [0.15, 0.2) is 17.3 Å². The second-order valence-electron chi connectivity index (χ2n) is 8.60. The molecule has 0 saturated heterocycles. The second kappa shape index (κ2) is 12.2. The van der Waals surface area contributed by atoms with E-state index < -0.39 is 23.8 Å². The third-order valence-electron chi connectivity index (χ3n) is 6.44. The Bertz CT molecular complexity index is 1110. The van der Waals surface area contributed by atoms with Gasteiger partial charge in [-0.2, -0.15) is 11.8 Å². The highest BCUT2D eigenvalue weighted by Gasteiger charge is 2.47. The lowest BCUT2D eigenvalue weighted by Gasteiger charge is -2.38. The molecular weight excluding hydrogens is 550 g/mol. The molecule has 0 fully saturated rings. The molecule has 196 valence electrons. The van der Waals surface area contributed by atoms with Gasteiger partial charge in [-0.05, 0) is 42.7 Å². The van der Waals surface area contributed by atoms with Crippen LogP contribution in [0.2, 0.25) is 0 Å². The smallest absolute Gasteiger partial charge is 0.336 e. The summed E-state index contributed by atoms with van der Waals surface area (Å²) in [5.41, 5.74) is 2.59. The van der Waals surface area contributed by atoms with Crippen LogP contribution in [0.15, 0.2) is 39.1 Å². The third-order valence-corrected chi connectivity index (χ3v) is 7.99. The molecule has 1 aliphatic carbocycles. The van der Waals surface area contributed by atoms with Gasteiger partial charge in [0.2, 0.25) is 0 Å². The average Bonchev–Trinajstić information content (AvgIpc) is 2.85. The van der Waals surface area contributed by atoms with Gasteiger partial charge in [0.05, 0.1) is 26.9 Å². The van der Waals surface area contributed by atoms with Crippen LogP contribution in [-0.2, 0) is 23.9 Å². The number of hydrogen-bond donors (Lipinski definition) is 1. The molecule has 0 bridgehead atoms. The number of benzene rings is 1. The van der Waals surface area contributed by atoms with Crippen LogP contribution in [0.4, 0.5) is 0 Å².